The quantitative estimate of drug-likeness (QED) is 0.275. The molecule has 0 saturated carbocycles. The van der Waals surface area contributed by atoms with Crippen LogP contribution >= 0.6 is 0 Å². The first-order chi connectivity index (χ1) is 16.4. The van der Waals surface area contributed by atoms with Crippen LogP contribution in [0.25, 0.3) is 22.3 Å². The molecule has 0 spiro atoms. The second-order valence-electron chi connectivity index (χ2n) is 9.24. The van der Waals surface area contributed by atoms with E-state index in [0.717, 1.165) is 0 Å². The lowest BCUT2D eigenvalue weighted by Crippen LogP contribution is -2.19. The van der Waals surface area contributed by atoms with Gasteiger partial charge in [0.05, 0.1) is 0 Å². The van der Waals surface area contributed by atoms with E-state index in [2.05, 4.69) is 127 Å². The van der Waals surface area contributed by atoms with E-state index in [0.29, 0.717) is 17.8 Å². The molecule has 0 fully saturated rings. The van der Waals surface area contributed by atoms with Gasteiger partial charge in [-0.2, -0.15) is 0 Å². The van der Waals surface area contributed by atoms with Crippen molar-refractivity contribution in [2.45, 2.75) is 17.8 Å². The fourth-order valence-corrected chi connectivity index (χ4v) is 6.42. The monoisotopic (exact) mass is 420 g/mol. The van der Waals surface area contributed by atoms with Gasteiger partial charge in [-0.1, -0.05) is 127 Å². The number of hydrogen-bond acceptors (Lipinski definition) is 0. The lowest BCUT2D eigenvalue weighted by Gasteiger charge is -2.33. The highest BCUT2D eigenvalue weighted by atomic mass is 14.5. The van der Waals surface area contributed by atoms with Crippen LogP contribution in [0.2, 0.25) is 0 Å². The lowest BCUT2D eigenvalue weighted by atomic mass is 9.69. The predicted molar refractivity (Wildman–Crippen MR) is 137 cm³/mol. The van der Waals surface area contributed by atoms with Gasteiger partial charge in [-0.3, -0.25) is 0 Å². The van der Waals surface area contributed by atoms with Crippen LogP contribution in [-0.2, 0) is 0 Å². The second kappa shape index (κ2) is 7.32. The Labute approximate surface area is 195 Å². The molecule has 7 rings (SSSR count). The molecule has 0 aromatic heterocycles. The Morgan fingerprint density at radius 2 is 0.636 bits per heavy atom. The summed E-state index contributed by atoms with van der Waals surface area (Å²) >= 11 is 0. The predicted octanol–water partition coefficient (Wildman–Crippen LogP) is 8.40. The van der Waals surface area contributed by atoms with Crippen LogP contribution in [0, 0.1) is 0 Å². The Morgan fingerprint density at radius 1 is 0.333 bits per heavy atom. The number of benzene rings is 5. The van der Waals surface area contributed by atoms with E-state index in [9.17, 15) is 0 Å². The van der Waals surface area contributed by atoms with Crippen molar-refractivity contribution in [3.63, 3.8) is 0 Å². The van der Waals surface area contributed by atoms with Gasteiger partial charge in [0, 0.05) is 17.8 Å². The first-order valence-electron chi connectivity index (χ1n) is 11.8. The number of fused-ring (bicyclic) bond motifs is 6. The molecule has 2 aliphatic rings. The highest BCUT2D eigenvalue weighted by Crippen LogP contribution is 2.59. The van der Waals surface area contributed by atoms with Gasteiger partial charge >= 0.3 is 0 Å². The molecule has 33 heavy (non-hydrogen) atoms. The fourth-order valence-electron chi connectivity index (χ4n) is 6.42. The molecule has 0 unspecified atom stereocenters. The summed E-state index contributed by atoms with van der Waals surface area (Å²) in [5.41, 5.74) is 12.8. The van der Waals surface area contributed by atoms with Gasteiger partial charge in [-0.05, 0) is 50.1 Å². The normalized spacial score (nSPS) is 14.1. The van der Waals surface area contributed by atoms with E-state index in [1.54, 1.807) is 0 Å². The van der Waals surface area contributed by atoms with Crippen LogP contribution in [0.5, 0.6) is 0 Å². The van der Waals surface area contributed by atoms with Crippen molar-refractivity contribution in [3.8, 4) is 22.3 Å². The van der Waals surface area contributed by atoms with Crippen LogP contribution < -0.4 is 0 Å². The van der Waals surface area contributed by atoms with Gasteiger partial charge in [0.15, 0.2) is 0 Å². The summed E-state index contributed by atoms with van der Waals surface area (Å²) < 4.78 is 0. The van der Waals surface area contributed by atoms with Crippen molar-refractivity contribution in [2.24, 2.45) is 0 Å². The molecule has 2 aliphatic carbocycles. The molecular formula is C33H24. The van der Waals surface area contributed by atoms with E-state index in [1.165, 1.54) is 50.1 Å². The van der Waals surface area contributed by atoms with Gasteiger partial charge in [-0.25, -0.2) is 0 Å². The molecule has 5 aromatic carbocycles. The average Bonchev–Trinajstić information content (AvgIpc) is 3.39. The van der Waals surface area contributed by atoms with Crippen molar-refractivity contribution in [1.82, 2.24) is 0 Å². The Kier molecular flexibility index (Phi) is 4.14. The lowest BCUT2D eigenvalue weighted by molar-refractivity contribution is 0.554. The average molecular weight is 421 g/mol. The first-order valence-corrected chi connectivity index (χ1v) is 11.8. The first kappa shape index (κ1) is 18.7. The van der Waals surface area contributed by atoms with Crippen LogP contribution in [0.4, 0.5) is 0 Å². The zero-order chi connectivity index (χ0) is 21.8. The Morgan fingerprint density at radius 3 is 1.00 bits per heavy atom. The van der Waals surface area contributed by atoms with Crippen LogP contribution in [-0.4, -0.2) is 0 Å². The standard InChI is InChI=1S/C33H24/c1-2-12-22(13-3-1)31(32-27-18-8-4-14-23(27)24-15-5-9-19-28(24)32)33-29-20-10-6-16-25(29)26-17-7-11-21-30(26)33/h1-21,31-33H. The molecule has 0 saturated heterocycles. The van der Waals surface area contributed by atoms with E-state index in [4.69, 9.17) is 0 Å². The SMILES string of the molecule is c1ccc(C(C2c3ccccc3-c3ccccc32)C2c3ccccc3-c3ccccc32)cc1. The summed E-state index contributed by atoms with van der Waals surface area (Å²) in [6.45, 7) is 0. The fraction of sp³-hybridized carbons (Fsp3) is 0.0909. The van der Waals surface area contributed by atoms with Crippen molar-refractivity contribution in [1.29, 1.82) is 0 Å². The van der Waals surface area contributed by atoms with Gasteiger partial charge in [0.2, 0.25) is 0 Å². The molecular weight excluding hydrogens is 396 g/mol. The van der Waals surface area contributed by atoms with E-state index in [-0.39, 0.29) is 0 Å². The third-order valence-corrected chi connectivity index (χ3v) is 7.67. The molecule has 156 valence electrons. The minimum absolute atomic E-state index is 0.306. The Bertz CT molecular complexity index is 1290. The maximum absolute atomic E-state index is 2.35. The molecule has 0 radical (unpaired) electrons. The summed E-state index contributed by atoms with van der Waals surface area (Å²) in [4.78, 5) is 0. The maximum Gasteiger partial charge on any atom is 0.0179 e. The van der Waals surface area contributed by atoms with E-state index in [1.807, 2.05) is 0 Å². The van der Waals surface area contributed by atoms with Crippen LogP contribution in [0.15, 0.2) is 127 Å². The number of hydrogen-bond donors (Lipinski definition) is 0. The Balaban J connectivity index is 1.53. The van der Waals surface area contributed by atoms with Gasteiger partial charge in [0.25, 0.3) is 0 Å². The molecule has 0 N–H and O–H groups in total. The highest BCUT2D eigenvalue weighted by molar-refractivity contribution is 5.82. The molecule has 0 nitrogen and oxygen atoms in total. The summed E-state index contributed by atoms with van der Waals surface area (Å²) in [6.07, 6.45) is 0. The summed E-state index contributed by atoms with van der Waals surface area (Å²) in [6, 6.07) is 47.3. The second-order valence-corrected chi connectivity index (χ2v) is 9.24. The third kappa shape index (κ3) is 2.71. The summed E-state index contributed by atoms with van der Waals surface area (Å²) in [7, 11) is 0. The number of rotatable bonds is 3. The minimum atomic E-state index is 0.306. The van der Waals surface area contributed by atoms with E-state index >= 15 is 0 Å². The molecule has 0 heterocycles. The van der Waals surface area contributed by atoms with Gasteiger partial charge < -0.3 is 0 Å². The largest absolute Gasteiger partial charge is 0.0622 e. The van der Waals surface area contributed by atoms with Crippen molar-refractivity contribution in [2.75, 3.05) is 0 Å². The minimum Gasteiger partial charge on any atom is -0.0622 e. The van der Waals surface area contributed by atoms with E-state index < -0.39 is 0 Å². The molecule has 0 amide bonds. The Hall–Kier alpha value is -3.90. The summed E-state index contributed by atoms with van der Waals surface area (Å²) in [5.74, 6) is 0.925. The van der Waals surface area contributed by atoms with Crippen LogP contribution in [0.3, 0.4) is 0 Å². The van der Waals surface area contributed by atoms with Gasteiger partial charge in [-0.15, -0.1) is 0 Å². The smallest absolute Gasteiger partial charge is 0.0179 e. The third-order valence-electron chi connectivity index (χ3n) is 7.67. The van der Waals surface area contributed by atoms with Crippen LogP contribution in [0.1, 0.15) is 45.6 Å². The topological polar surface area (TPSA) is 0 Å². The maximum atomic E-state index is 2.35. The van der Waals surface area contributed by atoms with Gasteiger partial charge in [0.1, 0.15) is 0 Å². The molecule has 0 heteroatoms. The molecule has 0 bridgehead atoms. The van der Waals surface area contributed by atoms with Crippen molar-refractivity contribution >= 4 is 0 Å². The highest BCUT2D eigenvalue weighted by Gasteiger charge is 2.43. The zero-order valence-electron chi connectivity index (χ0n) is 18.4. The molecule has 0 atom stereocenters. The zero-order valence-corrected chi connectivity index (χ0v) is 18.4. The van der Waals surface area contributed by atoms with Crippen molar-refractivity contribution in [3.05, 3.63) is 155 Å². The van der Waals surface area contributed by atoms with Crippen molar-refractivity contribution < 1.29 is 0 Å². The summed E-state index contributed by atoms with van der Waals surface area (Å²) in [5, 5.41) is 0. The molecule has 0 aliphatic heterocycles. The molecule has 5 aromatic rings.